The van der Waals surface area contributed by atoms with Gasteiger partial charge in [-0.1, -0.05) is 30.8 Å². The lowest BCUT2D eigenvalue weighted by atomic mass is 10.1. The van der Waals surface area contributed by atoms with Gasteiger partial charge in [-0.25, -0.2) is 0 Å². The van der Waals surface area contributed by atoms with E-state index in [0.29, 0.717) is 43.1 Å². The Hall–Kier alpha value is -3.61. The molecule has 0 spiro atoms. The fourth-order valence-corrected chi connectivity index (χ4v) is 3.36. The number of methoxy groups -OCH3 is 1. The van der Waals surface area contributed by atoms with Gasteiger partial charge < -0.3 is 19.9 Å². The van der Waals surface area contributed by atoms with Gasteiger partial charge in [-0.3, -0.25) is 14.4 Å². The van der Waals surface area contributed by atoms with Crippen LogP contribution in [0.15, 0.2) is 61.2 Å². The van der Waals surface area contributed by atoms with Crippen molar-refractivity contribution in [2.75, 3.05) is 33.3 Å². The molecule has 30 heavy (non-hydrogen) atoms. The molecular formula is C23H25N3O4. The monoisotopic (exact) mass is 407 g/mol. The number of nitrogens with one attached hydrogen (secondary N) is 1. The van der Waals surface area contributed by atoms with Crippen molar-refractivity contribution >= 4 is 17.7 Å². The van der Waals surface area contributed by atoms with E-state index in [4.69, 9.17) is 4.74 Å². The number of hydrogen-bond donors (Lipinski definition) is 1. The van der Waals surface area contributed by atoms with Crippen LogP contribution in [0.1, 0.15) is 26.3 Å². The Labute approximate surface area is 175 Å². The number of piperazine rings is 1. The number of carbonyl (C=O) groups excluding carboxylic acids is 3. The largest absolute Gasteiger partial charge is 0.497 e. The predicted molar refractivity (Wildman–Crippen MR) is 113 cm³/mol. The molecule has 3 rings (SSSR count). The number of rotatable bonds is 6. The number of carbonyl (C=O) groups is 3. The molecule has 0 aliphatic carbocycles. The highest BCUT2D eigenvalue weighted by Crippen LogP contribution is 2.17. The maximum Gasteiger partial charge on any atom is 0.254 e. The molecule has 2 aromatic carbocycles. The first-order chi connectivity index (χ1) is 14.5. The Morgan fingerprint density at radius 1 is 1.00 bits per heavy atom. The summed E-state index contributed by atoms with van der Waals surface area (Å²) in [7, 11) is 1.56. The van der Waals surface area contributed by atoms with Crippen LogP contribution in [-0.2, 0) is 11.3 Å². The quantitative estimate of drug-likeness (QED) is 0.744. The molecule has 0 bridgehead atoms. The Bertz CT molecular complexity index is 949. The smallest absolute Gasteiger partial charge is 0.254 e. The van der Waals surface area contributed by atoms with Gasteiger partial charge in [0.25, 0.3) is 11.8 Å². The van der Waals surface area contributed by atoms with E-state index in [1.165, 1.54) is 6.08 Å². The second-order valence-electron chi connectivity index (χ2n) is 6.90. The van der Waals surface area contributed by atoms with Crippen molar-refractivity contribution in [3.63, 3.8) is 0 Å². The summed E-state index contributed by atoms with van der Waals surface area (Å²) >= 11 is 0. The third-order valence-electron chi connectivity index (χ3n) is 5.06. The zero-order chi connectivity index (χ0) is 21.5. The zero-order valence-electron chi connectivity index (χ0n) is 17.0. The molecule has 3 amide bonds. The fourth-order valence-electron chi connectivity index (χ4n) is 3.36. The molecule has 7 nitrogen and oxygen atoms in total. The van der Waals surface area contributed by atoms with Crippen LogP contribution in [0.3, 0.4) is 0 Å². The first kappa shape index (κ1) is 21.1. The van der Waals surface area contributed by atoms with Crippen molar-refractivity contribution < 1.29 is 19.1 Å². The molecule has 1 aliphatic rings. The summed E-state index contributed by atoms with van der Waals surface area (Å²) in [6, 6.07) is 14.3. The molecule has 0 unspecified atom stereocenters. The van der Waals surface area contributed by atoms with Crippen LogP contribution in [0.2, 0.25) is 0 Å². The molecule has 156 valence electrons. The van der Waals surface area contributed by atoms with Crippen LogP contribution in [0.5, 0.6) is 5.75 Å². The number of amides is 3. The topological polar surface area (TPSA) is 79.0 Å². The maximum atomic E-state index is 13.0. The van der Waals surface area contributed by atoms with Gasteiger partial charge in [-0.2, -0.15) is 0 Å². The summed E-state index contributed by atoms with van der Waals surface area (Å²) in [5.74, 6) is 0.164. The van der Waals surface area contributed by atoms with Crippen molar-refractivity contribution in [1.29, 1.82) is 0 Å². The highest BCUT2D eigenvalue weighted by Gasteiger charge is 2.26. The Morgan fingerprint density at radius 3 is 2.33 bits per heavy atom. The van der Waals surface area contributed by atoms with E-state index in [0.717, 1.165) is 5.56 Å². The number of hydrogen-bond acceptors (Lipinski definition) is 4. The first-order valence-corrected chi connectivity index (χ1v) is 9.74. The summed E-state index contributed by atoms with van der Waals surface area (Å²) < 4.78 is 5.19. The zero-order valence-corrected chi connectivity index (χ0v) is 17.0. The molecular weight excluding hydrogens is 382 g/mol. The van der Waals surface area contributed by atoms with Crippen LogP contribution in [-0.4, -0.2) is 60.8 Å². The van der Waals surface area contributed by atoms with E-state index in [9.17, 15) is 14.4 Å². The van der Waals surface area contributed by atoms with Gasteiger partial charge in [0.1, 0.15) is 5.75 Å². The van der Waals surface area contributed by atoms with Crippen molar-refractivity contribution in [3.8, 4) is 5.75 Å². The lowest BCUT2D eigenvalue weighted by molar-refractivity contribution is -0.116. The molecule has 7 heteroatoms. The van der Waals surface area contributed by atoms with Gasteiger partial charge in [0.15, 0.2) is 0 Å². The van der Waals surface area contributed by atoms with E-state index in [1.54, 1.807) is 53.3 Å². The molecule has 1 fully saturated rings. The lowest BCUT2D eigenvalue weighted by Gasteiger charge is -2.35. The second kappa shape index (κ2) is 9.73. The molecule has 1 aliphatic heterocycles. The van der Waals surface area contributed by atoms with Crippen LogP contribution < -0.4 is 10.1 Å². The summed E-state index contributed by atoms with van der Waals surface area (Å²) in [4.78, 5) is 40.7. The van der Waals surface area contributed by atoms with Crippen LogP contribution in [0.4, 0.5) is 0 Å². The normalized spacial score (nSPS) is 13.5. The Morgan fingerprint density at radius 2 is 1.67 bits per heavy atom. The van der Waals surface area contributed by atoms with Crippen LogP contribution in [0, 0.1) is 0 Å². The molecule has 0 saturated carbocycles. The summed E-state index contributed by atoms with van der Waals surface area (Å²) in [5, 5.41) is 2.71. The summed E-state index contributed by atoms with van der Waals surface area (Å²) in [6.45, 7) is 5.48. The lowest BCUT2D eigenvalue weighted by Crippen LogP contribution is -2.50. The molecule has 1 heterocycles. The van der Waals surface area contributed by atoms with E-state index in [-0.39, 0.29) is 24.3 Å². The average Bonchev–Trinajstić information content (AvgIpc) is 2.81. The molecule has 0 atom stereocenters. The van der Waals surface area contributed by atoms with Gasteiger partial charge >= 0.3 is 0 Å². The van der Waals surface area contributed by atoms with E-state index in [2.05, 4.69) is 11.9 Å². The molecule has 0 radical (unpaired) electrons. The standard InChI is InChI=1S/C23H25N3O4/c1-3-21(27)24-16-18-7-4-5-10-20(18)23(29)26-13-11-25(12-14-26)22(28)17-8-6-9-19(15-17)30-2/h3-10,15H,1,11-14,16H2,2H3,(H,24,27). The van der Waals surface area contributed by atoms with Gasteiger partial charge in [-0.15, -0.1) is 0 Å². The van der Waals surface area contributed by atoms with Crippen molar-refractivity contribution in [1.82, 2.24) is 15.1 Å². The minimum Gasteiger partial charge on any atom is -0.497 e. The van der Waals surface area contributed by atoms with Crippen LogP contribution in [0.25, 0.3) is 0 Å². The third-order valence-corrected chi connectivity index (χ3v) is 5.06. The highest BCUT2D eigenvalue weighted by molar-refractivity contribution is 5.97. The van der Waals surface area contributed by atoms with Gasteiger partial charge in [-0.05, 0) is 35.9 Å². The van der Waals surface area contributed by atoms with E-state index >= 15 is 0 Å². The molecule has 1 N–H and O–H groups in total. The predicted octanol–water partition coefficient (Wildman–Crippen LogP) is 2.10. The van der Waals surface area contributed by atoms with Gasteiger partial charge in [0.2, 0.25) is 5.91 Å². The van der Waals surface area contributed by atoms with Crippen molar-refractivity contribution in [2.45, 2.75) is 6.54 Å². The first-order valence-electron chi connectivity index (χ1n) is 9.74. The molecule has 1 saturated heterocycles. The van der Waals surface area contributed by atoms with Crippen LogP contribution >= 0.6 is 0 Å². The fraction of sp³-hybridized carbons (Fsp3) is 0.261. The maximum absolute atomic E-state index is 13.0. The Kier molecular flexibility index (Phi) is 6.85. The summed E-state index contributed by atoms with van der Waals surface area (Å²) in [6.07, 6.45) is 1.20. The number of benzene rings is 2. The number of ether oxygens (including phenoxy) is 1. The SMILES string of the molecule is C=CC(=O)NCc1ccccc1C(=O)N1CCN(C(=O)c2cccc(OC)c2)CC1. The highest BCUT2D eigenvalue weighted by atomic mass is 16.5. The average molecular weight is 407 g/mol. The third kappa shape index (κ3) is 4.86. The Balaban J connectivity index is 1.63. The minimum atomic E-state index is -0.290. The van der Waals surface area contributed by atoms with Gasteiger partial charge in [0, 0.05) is 43.9 Å². The van der Waals surface area contributed by atoms with Gasteiger partial charge in [0.05, 0.1) is 7.11 Å². The van der Waals surface area contributed by atoms with E-state index in [1.807, 2.05) is 12.1 Å². The molecule has 2 aromatic rings. The second-order valence-corrected chi connectivity index (χ2v) is 6.90. The van der Waals surface area contributed by atoms with Crippen molar-refractivity contribution in [2.24, 2.45) is 0 Å². The summed E-state index contributed by atoms with van der Waals surface area (Å²) in [5.41, 5.74) is 1.86. The van der Waals surface area contributed by atoms with E-state index < -0.39 is 0 Å². The molecule has 0 aromatic heterocycles. The van der Waals surface area contributed by atoms with Crippen molar-refractivity contribution in [3.05, 3.63) is 77.9 Å². The minimum absolute atomic E-state index is 0.0754. The number of nitrogens with zero attached hydrogens (tertiary/aromatic N) is 2.